The van der Waals surface area contributed by atoms with Gasteiger partial charge in [-0.1, -0.05) is 27.2 Å². The Bertz CT molecular complexity index is 423. The molecule has 4 heteroatoms. The Morgan fingerprint density at radius 3 is 2.84 bits per heavy atom. The molecule has 1 aliphatic rings. The third kappa shape index (κ3) is 3.82. The fourth-order valence-corrected chi connectivity index (χ4v) is 2.75. The number of halogens is 1. The van der Waals surface area contributed by atoms with Crippen molar-refractivity contribution in [1.29, 1.82) is 0 Å². The Labute approximate surface area is 120 Å². The molecule has 0 bridgehead atoms. The van der Waals surface area contributed by atoms with Crippen LogP contribution in [0.2, 0.25) is 0 Å². The van der Waals surface area contributed by atoms with Gasteiger partial charge in [-0.3, -0.25) is 0 Å². The predicted octanol–water partition coefficient (Wildman–Crippen LogP) is 4.30. The Balaban J connectivity index is 2.11. The van der Waals surface area contributed by atoms with Gasteiger partial charge in [0.15, 0.2) is 5.75 Å². The van der Waals surface area contributed by atoms with Gasteiger partial charge in [-0.15, -0.1) is 11.6 Å². The lowest BCUT2D eigenvalue weighted by molar-refractivity contribution is 0.127. The van der Waals surface area contributed by atoms with Crippen molar-refractivity contribution in [2.45, 2.75) is 64.4 Å². The van der Waals surface area contributed by atoms with E-state index in [2.05, 4.69) is 30.7 Å². The van der Waals surface area contributed by atoms with Crippen LogP contribution in [0, 0.1) is 5.92 Å². The minimum Gasteiger partial charge on any atom is -0.487 e. The zero-order valence-corrected chi connectivity index (χ0v) is 12.8. The van der Waals surface area contributed by atoms with Gasteiger partial charge in [-0.05, 0) is 25.2 Å². The molecule has 0 radical (unpaired) electrons. The summed E-state index contributed by atoms with van der Waals surface area (Å²) in [6, 6.07) is 0. The van der Waals surface area contributed by atoms with E-state index in [9.17, 15) is 0 Å². The summed E-state index contributed by atoms with van der Waals surface area (Å²) in [7, 11) is 0. The van der Waals surface area contributed by atoms with E-state index < -0.39 is 0 Å². The molecule has 0 spiro atoms. The highest BCUT2D eigenvalue weighted by Gasteiger charge is 2.21. The van der Waals surface area contributed by atoms with Crippen molar-refractivity contribution in [1.82, 2.24) is 9.97 Å². The molecular formula is C15H23ClN2O. The summed E-state index contributed by atoms with van der Waals surface area (Å²) in [6.07, 6.45) is 6.88. The van der Waals surface area contributed by atoms with Crippen LogP contribution in [0.5, 0.6) is 5.75 Å². The normalized spacial score (nSPS) is 23.6. The third-order valence-corrected chi connectivity index (χ3v) is 3.93. The van der Waals surface area contributed by atoms with Gasteiger partial charge in [0.05, 0.1) is 18.2 Å². The second-order valence-corrected chi connectivity index (χ2v) is 6.11. The topological polar surface area (TPSA) is 35.0 Å². The molecule has 2 rings (SSSR count). The summed E-state index contributed by atoms with van der Waals surface area (Å²) in [6.45, 7) is 6.45. The van der Waals surface area contributed by atoms with E-state index in [1.54, 1.807) is 6.20 Å². The van der Waals surface area contributed by atoms with Crippen molar-refractivity contribution >= 4 is 11.6 Å². The second-order valence-electron chi connectivity index (χ2n) is 5.84. The van der Waals surface area contributed by atoms with Crippen molar-refractivity contribution in [3.05, 3.63) is 17.7 Å². The minimum absolute atomic E-state index is 0.291. The lowest BCUT2D eigenvalue weighted by Crippen LogP contribution is -2.24. The monoisotopic (exact) mass is 282 g/mol. The molecule has 1 saturated carbocycles. The maximum atomic E-state index is 6.07. The lowest BCUT2D eigenvalue weighted by atomic mass is 9.89. The number of aromatic nitrogens is 2. The van der Waals surface area contributed by atoms with Crippen LogP contribution in [-0.2, 0) is 5.88 Å². The Hall–Kier alpha value is -0.830. The number of ether oxygens (including phenoxy) is 1. The second kappa shape index (κ2) is 6.56. The van der Waals surface area contributed by atoms with E-state index in [1.165, 1.54) is 12.8 Å². The van der Waals surface area contributed by atoms with Gasteiger partial charge in [0.25, 0.3) is 0 Å². The molecule has 1 fully saturated rings. The van der Waals surface area contributed by atoms with E-state index >= 15 is 0 Å². The highest BCUT2D eigenvalue weighted by atomic mass is 35.5. The molecule has 106 valence electrons. The molecule has 1 aromatic rings. The first-order valence-electron chi connectivity index (χ1n) is 7.18. The number of hydrogen-bond donors (Lipinski definition) is 0. The Kier molecular flexibility index (Phi) is 5.03. The van der Waals surface area contributed by atoms with Crippen LogP contribution in [0.4, 0.5) is 0 Å². The third-order valence-electron chi connectivity index (χ3n) is 3.67. The first kappa shape index (κ1) is 14.6. The van der Waals surface area contributed by atoms with E-state index in [4.69, 9.17) is 16.3 Å². The van der Waals surface area contributed by atoms with Crippen LogP contribution in [0.25, 0.3) is 0 Å². The average Bonchev–Trinajstić information content (AvgIpc) is 2.39. The van der Waals surface area contributed by atoms with E-state index in [0.29, 0.717) is 17.9 Å². The summed E-state index contributed by atoms with van der Waals surface area (Å²) in [4.78, 5) is 8.88. The largest absolute Gasteiger partial charge is 0.487 e. The smallest absolute Gasteiger partial charge is 0.160 e. The molecular weight excluding hydrogens is 260 g/mol. The molecule has 0 N–H and O–H groups in total. The van der Waals surface area contributed by atoms with Crippen LogP contribution in [0.3, 0.4) is 0 Å². The zero-order chi connectivity index (χ0) is 13.8. The summed E-state index contributed by atoms with van der Waals surface area (Å²) in [5.74, 6) is 3.03. The van der Waals surface area contributed by atoms with Crippen LogP contribution in [-0.4, -0.2) is 16.1 Å². The quantitative estimate of drug-likeness (QED) is 0.773. The van der Waals surface area contributed by atoms with Gasteiger partial charge in [0.1, 0.15) is 11.5 Å². The summed E-state index contributed by atoms with van der Waals surface area (Å²) >= 11 is 5.98. The van der Waals surface area contributed by atoms with Gasteiger partial charge < -0.3 is 4.74 Å². The zero-order valence-electron chi connectivity index (χ0n) is 12.0. The number of rotatable bonds is 4. The lowest BCUT2D eigenvalue weighted by Gasteiger charge is -2.27. The molecule has 0 aromatic carbocycles. The first-order valence-corrected chi connectivity index (χ1v) is 7.72. The van der Waals surface area contributed by atoms with Crippen molar-refractivity contribution in [3.8, 4) is 5.75 Å². The number of nitrogens with zero attached hydrogens (tertiary/aromatic N) is 2. The summed E-state index contributed by atoms with van der Waals surface area (Å²) < 4.78 is 6.07. The molecule has 1 aliphatic carbocycles. The number of hydrogen-bond acceptors (Lipinski definition) is 3. The van der Waals surface area contributed by atoms with E-state index in [0.717, 1.165) is 36.0 Å². The van der Waals surface area contributed by atoms with E-state index in [1.807, 2.05) is 0 Å². The van der Waals surface area contributed by atoms with Crippen LogP contribution < -0.4 is 4.74 Å². The molecule has 1 heterocycles. The van der Waals surface area contributed by atoms with Gasteiger partial charge in [0.2, 0.25) is 0 Å². The molecule has 1 aromatic heterocycles. The fourth-order valence-electron chi connectivity index (χ4n) is 2.56. The average molecular weight is 283 g/mol. The SMILES string of the molecule is CC1CCCC(Oc2cnc(C(C)C)nc2CCl)C1. The Morgan fingerprint density at radius 2 is 2.21 bits per heavy atom. The van der Waals surface area contributed by atoms with Crippen LogP contribution in [0.1, 0.15) is 63.9 Å². The van der Waals surface area contributed by atoms with Gasteiger partial charge in [-0.25, -0.2) is 9.97 Å². The first-order chi connectivity index (χ1) is 9.10. The van der Waals surface area contributed by atoms with Crippen LogP contribution in [0.15, 0.2) is 6.20 Å². The number of alkyl halides is 1. The maximum absolute atomic E-state index is 6.07. The predicted molar refractivity (Wildman–Crippen MR) is 77.7 cm³/mol. The summed E-state index contributed by atoms with van der Waals surface area (Å²) in [5.41, 5.74) is 0.818. The Morgan fingerprint density at radius 1 is 1.42 bits per heavy atom. The molecule has 0 aliphatic heterocycles. The van der Waals surface area contributed by atoms with Crippen molar-refractivity contribution in [3.63, 3.8) is 0 Å². The summed E-state index contributed by atoms with van der Waals surface area (Å²) in [5, 5.41) is 0. The van der Waals surface area contributed by atoms with Crippen molar-refractivity contribution < 1.29 is 4.74 Å². The van der Waals surface area contributed by atoms with Gasteiger partial charge >= 0.3 is 0 Å². The molecule has 3 nitrogen and oxygen atoms in total. The molecule has 2 unspecified atom stereocenters. The molecule has 2 atom stereocenters. The minimum atomic E-state index is 0.291. The van der Waals surface area contributed by atoms with Gasteiger partial charge in [0, 0.05) is 5.92 Å². The fraction of sp³-hybridized carbons (Fsp3) is 0.733. The molecule has 0 saturated heterocycles. The highest BCUT2D eigenvalue weighted by Crippen LogP contribution is 2.29. The standard InChI is InChI=1S/C15H23ClN2O/c1-10(2)15-17-9-14(13(8-16)18-15)19-12-6-4-5-11(3)7-12/h9-12H,4-8H2,1-3H3. The van der Waals surface area contributed by atoms with Gasteiger partial charge in [-0.2, -0.15) is 0 Å². The molecule has 0 amide bonds. The molecule has 19 heavy (non-hydrogen) atoms. The van der Waals surface area contributed by atoms with E-state index in [-0.39, 0.29) is 0 Å². The van der Waals surface area contributed by atoms with Crippen molar-refractivity contribution in [2.75, 3.05) is 0 Å². The highest BCUT2D eigenvalue weighted by molar-refractivity contribution is 6.17. The van der Waals surface area contributed by atoms with Crippen molar-refractivity contribution in [2.24, 2.45) is 5.92 Å². The maximum Gasteiger partial charge on any atom is 0.160 e. The van der Waals surface area contributed by atoms with Crippen LogP contribution >= 0.6 is 11.6 Å².